The van der Waals surface area contributed by atoms with Crippen molar-refractivity contribution >= 4 is 34.6 Å². The highest BCUT2D eigenvalue weighted by molar-refractivity contribution is 7.20. The van der Waals surface area contributed by atoms with Crippen molar-refractivity contribution in [3.05, 3.63) is 41.2 Å². The van der Waals surface area contributed by atoms with Crippen LogP contribution in [0.5, 0.6) is 0 Å². The molecule has 1 amide bonds. The smallest absolute Gasteiger partial charge is 0.358 e. The number of carbonyl (C=O) groups is 2. The summed E-state index contributed by atoms with van der Waals surface area (Å²) in [7, 11) is 0. The highest BCUT2D eigenvalue weighted by Crippen LogP contribution is 2.28. The van der Waals surface area contributed by atoms with Crippen LogP contribution in [0.3, 0.4) is 0 Å². The van der Waals surface area contributed by atoms with Gasteiger partial charge in [0.2, 0.25) is 0 Å². The number of rotatable bonds is 6. The predicted molar refractivity (Wildman–Crippen MR) is 83.5 cm³/mol. The lowest BCUT2D eigenvalue weighted by Crippen LogP contribution is -2.35. The SMILES string of the molecule is C=CCNC(=O)[C@H](C)OC(=O)c1csc(-c2cccs2)n1. The van der Waals surface area contributed by atoms with Crippen LogP contribution in [0.25, 0.3) is 9.88 Å². The largest absolute Gasteiger partial charge is 0.448 e. The molecule has 0 radical (unpaired) electrons. The summed E-state index contributed by atoms with van der Waals surface area (Å²) >= 11 is 2.92. The van der Waals surface area contributed by atoms with Crippen LogP contribution >= 0.6 is 22.7 Å². The van der Waals surface area contributed by atoms with Gasteiger partial charge >= 0.3 is 5.97 Å². The second-order valence-electron chi connectivity index (χ2n) is 4.10. The number of nitrogens with zero attached hydrogens (tertiary/aromatic N) is 1. The van der Waals surface area contributed by atoms with Crippen LogP contribution in [0.15, 0.2) is 35.5 Å². The molecule has 2 aromatic heterocycles. The lowest BCUT2D eigenvalue weighted by Gasteiger charge is -2.11. The van der Waals surface area contributed by atoms with Crippen molar-refractivity contribution in [3.63, 3.8) is 0 Å². The Bertz CT molecular complexity index is 634. The lowest BCUT2D eigenvalue weighted by molar-refractivity contribution is -0.128. The molecule has 1 N–H and O–H groups in total. The Labute approximate surface area is 130 Å². The van der Waals surface area contributed by atoms with Crippen LogP contribution in [-0.4, -0.2) is 29.5 Å². The minimum atomic E-state index is -0.871. The molecule has 0 unspecified atom stereocenters. The standard InChI is InChI=1S/C14H14N2O3S2/c1-3-6-15-12(17)9(2)19-14(18)10-8-21-13(16-10)11-5-4-7-20-11/h3-5,7-9H,1,6H2,2H3,(H,15,17)/t9-/m0/s1. The Balaban J connectivity index is 1.97. The molecule has 0 fully saturated rings. The van der Waals surface area contributed by atoms with E-state index >= 15 is 0 Å². The molecule has 0 bridgehead atoms. The van der Waals surface area contributed by atoms with Crippen molar-refractivity contribution in [2.24, 2.45) is 0 Å². The zero-order chi connectivity index (χ0) is 15.2. The van der Waals surface area contributed by atoms with E-state index in [9.17, 15) is 9.59 Å². The first-order valence-corrected chi connectivity index (χ1v) is 7.96. The van der Waals surface area contributed by atoms with Crippen LogP contribution in [0.4, 0.5) is 0 Å². The minimum absolute atomic E-state index is 0.215. The summed E-state index contributed by atoms with van der Waals surface area (Å²) < 4.78 is 5.09. The predicted octanol–water partition coefficient (Wildman–Crippen LogP) is 2.72. The zero-order valence-electron chi connectivity index (χ0n) is 11.4. The molecule has 0 spiro atoms. The first-order valence-electron chi connectivity index (χ1n) is 6.21. The normalized spacial score (nSPS) is 11.7. The molecule has 0 aliphatic carbocycles. The molecule has 110 valence electrons. The molecule has 5 nitrogen and oxygen atoms in total. The Morgan fingerprint density at radius 3 is 3.00 bits per heavy atom. The number of thiazole rings is 1. The molecule has 21 heavy (non-hydrogen) atoms. The maximum atomic E-state index is 11.9. The van der Waals surface area contributed by atoms with E-state index in [1.165, 1.54) is 18.3 Å². The van der Waals surface area contributed by atoms with E-state index in [1.54, 1.807) is 22.8 Å². The monoisotopic (exact) mass is 322 g/mol. The summed E-state index contributed by atoms with van der Waals surface area (Å²) in [5, 5.41) is 6.91. The van der Waals surface area contributed by atoms with E-state index in [2.05, 4.69) is 16.9 Å². The Kier molecular flexibility index (Phi) is 5.24. The van der Waals surface area contributed by atoms with Gasteiger partial charge < -0.3 is 10.1 Å². The summed E-state index contributed by atoms with van der Waals surface area (Å²) in [4.78, 5) is 28.8. The van der Waals surface area contributed by atoms with Crippen molar-refractivity contribution < 1.29 is 14.3 Å². The van der Waals surface area contributed by atoms with Crippen molar-refractivity contribution in [2.75, 3.05) is 6.54 Å². The number of carbonyl (C=O) groups excluding carboxylic acids is 2. The quantitative estimate of drug-likeness (QED) is 0.656. The summed E-state index contributed by atoms with van der Waals surface area (Å²) in [6.45, 7) is 5.35. The van der Waals surface area contributed by atoms with Crippen molar-refractivity contribution in [1.82, 2.24) is 10.3 Å². The van der Waals surface area contributed by atoms with Gasteiger partial charge in [-0.2, -0.15) is 0 Å². The zero-order valence-corrected chi connectivity index (χ0v) is 13.0. The average Bonchev–Trinajstić information content (AvgIpc) is 3.14. The number of nitrogens with one attached hydrogen (secondary N) is 1. The van der Waals surface area contributed by atoms with Crippen LogP contribution in [0, 0.1) is 0 Å². The van der Waals surface area contributed by atoms with E-state index in [-0.39, 0.29) is 11.6 Å². The second kappa shape index (κ2) is 7.14. The molecule has 0 aromatic carbocycles. The van der Waals surface area contributed by atoms with Gasteiger partial charge in [0.1, 0.15) is 5.01 Å². The van der Waals surface area contributed by atoms with Crippen LogP contribution in [0.1, 0.15) is 17.4 Å². The Morgan fingerprint density at radius 1 is 1.52 bits per heavy atom. The highest BCUT2D eigenvalue weighted by atomic mass is 32.1. The number of thiophene rings is 1. The molecule has 7 heteroatoms. The number of amides is 1. The van der Waals surface area contributed by atoms with Gasteiger partial charge in [-0.3, -0.25) is 4.79 Å². The van der Waals surface area contributed by atoms with E-state index in [0.717, 1.165) is 9.88 Å². The maximum absolute atomic E-state index is 11.9. The topological polar surface area (TPSA) is 68.3 Å². The van der Waals surface area contributed by atoms with Crippen LogP contribution in [-0.2, 0) is 9.53 Å². The van der Waals surface area contributed by atoms with Gasteiger partial charge in [0, 0.05) is 11.9 Å². The molecule has 2 aromatic rings. The van der Waals surface area contributed by atoms with E-state index < -0.39 is 12.1 Å². The van der Waals surface area contributed by atoms with Gasteiger partial charge in [0.25, 0.3) is 5.91 Å². The van der Waals surface area contributed by atoms with Gasteiger partial charge in [-0.15, -0.1) is 29.3 Å². The van der Waals surface area contributed by atoms with Crippen LogP contribution < -0.4 is 5.32 Å². The molecule has 0 aliphatic rings. The first-order chi connectivity index (χ1) is 10.1. The summed E-state index contributed by atoms with van der Waals surface area (Å²) in [5.41, 5.74) is 0.215. The first kappa shape index (κ1) is 15.4. The third-order valence-corrected chi connectivity index (χ3v) is 4.40. The molecule has 0 saturated carbocycles. The molecule has 2 rings (SSSR count). The number of hydrogen-bond donors (Lipinski definition) is 1. The average molecular weight is 322 g/mol. The Hall–Kier alpha value is -1.99. The van der Waals surface area contributed by atoms with E-state index in [0.29, 0.717) is 6.54 Å². The fourth-order valence-electron chi connectivity index (χ4n) is 1.47. The van der Waals surface area contributed by atoms with Gasteiger partial charge in [-0.1, -0.05) is 12.1 Å². The number of hydrogen-bond acceptors (Lipinski definition) is 6. The van der Waals surface area contributed by atoms with Gasteiger partial charge in [0.05, 0.1) is 4.88 Å². The third-order valence-electron chi connectivity index (χ3n) is 2.52. The third kappa shape index (κ3) is 3.99. The van der Waals surface area contributed by atoms with Gasteiger partial charge in [-0.25, -0.2) is 9.78 Å². The molecular formula is C14H14N2O3S2. The highest BCUT2D eigenvalue weighted by Gasteiger charge is 2.20. The molecule has 2 heterocycles. The molecule has 0 aliphatic heterocycles. The maximum Gasteiger partial charge on any atom is 0.358 e. The second-order valence-corrected chi connectivity index (χ2v) is 5.90. The van der Waals surface area contributed by atoms with Crippen molar-refractivity contribution in [3.8, 4) is 9.88 Å². The lowest BCUT2D eigenvalue weighted by atomic mass is 10.3. The van der Waals surface area contributed by atoms with Gasteiger partial charge in [0.15, 0.2) is 11.8 Å². The fraction of sp³-hybridized carbons (Fsp3) is 0.214. The number of ether oxygens (including phenoxy) is 1. The summed E-state index contributed by atoms with van der Waals surface area (Å²) in [6, 6.07) is 3.86. The van der Waals surface area contributed by atoms with E-state index in [1.807, 2.05) is 17.5 Å². The van der Waals surface area contributed by atoms with E-state index in [4.69, 9.17) is 4.74 Å². The van der Waals surface area contributed by atoms with Crippen LogP contribution in [0.2, 0.25) is 0 Å². The molecule has 1 atom stereocenters. The number of esters is 1. The number of aromatic nitrogens is 1. The van der Waals surface area contributed by atoms with Gasteiger partial charge in [-0.05, 0) is 18.4 Å². The molecular weight excluding hydrogens is 308 g/mol. The summed E-state index contributed by atoms with van der Waals surface area (Å²) in [6.07, 6.45) is 0.685. The fourth-order valence-corrected chi connectivity index (χ4v) is 3.08. The summed E-state index contributed by atoms with van der Waals surface area (Å²) in [5.74, 6) is -0.965. The molecule has 0 saturated heterocycles. The minimum Gasteiger partial charge on any atom is -0.448 e. The Morgan fingerprint density at radius 2 is 2.33 bits per heavy atom. The van der Waals surface area contributed by atoms with Crippen molar-refractivity contribution in [1.29, 1.82) is 0 Å². The van der Waals surface area contributed by atoms with Crippen molar-refractivity contribution in [2.45, 2.75) is 13.0 Å².